The molecule has 0 aliphatic rings. The third-order valence-electron chi connectivity index (χ3n) is 2.36. The summed E-state index contributed by atoms with van der Waals surface area (Å²) in [5.74, 6) is -1.30. The third kappa shape index (κ3) is 8.95. The summed E-state index contributed by atoms with van der Waals surface area (Å²) in [4.78, 5) is 22.5. The number of rotatable bonds is 8. The fraction of sp³-hybridized carbons (Fsp3) is 0.833. The van der Waals surface area contributed by atoms with Gasteiger partial charge in [0.25, 0.3) is 0 Å². The lowest BCUT2D eigenvalue weighted by atomic mass is 10.1. The summed E-state index contributed by atoms with van der Waals surface area (Å²) < 4.78 is 0. The van der Waals surface area contributed by atoms with E-state index in [1.165, 1.54) is 0 Å². The molecule has 1 amide bonds. The van der Waals surface area contributed by atoms with Crippen molar-refractivity contribution < 1.29 is 14.7 Å². The summed E-state index contributed by atoms with van der Waals surface area (Å²) >= 11 is 0. The van der Waals surface area contributed by atoms with Gasteiger partial charge in [0.2, 0.25) is 5.91 Å². The molecule has 0 heterocycles. The van der Waals surface area contributed by atoms with Crippen molar-refractivity contribution in [3.63, 3.8) is 0 Å². The minimum atomic E-state index is -1.00. The van der Waals surface area contributed by atoms with Crippen LogP contribution < -0.4 is 16.4 Å². The smallest absolute Gasteiger partial charge is 0.326 e. The maximum Gasteiger partial charge on any atom is 0.326 e. The Bertz CT molecular complexity index is 274. The average Bonchev–Trinajstić information content (AvgIpc) is 2.24. The van der Waals surface area contributed by atoms with Crippen molar-refractivity contribution in [3.8, 4) is 0 Å². The van der Waals surface area contributed by atoms with Gasteiger partial charge in [-0.25, -0.2) is 4.79 Å². The topological polar surface area (TPSA) is 104 Å². The first kappa shape index (κ1) is 16.9. The van der Waals surface area contributed by atoms with E-state index in [1.54, 1.807) is 0 Å². The molecule has 0 fully saturated rings. The van der Waals surface area contributed by atoms with Crippen molar-refractivity contribution in [2.24, 2.45) is 5.73 Å². The second kappa shape index (κ2) is 8.05. The number of hydrogen-bond donors (Lipinski definition) is 4. The first-order valence-corrected chi connectivity index (χ1v) is 6.23. The van der Waals surface area contributed by atoms with Gasteiger partial charge in [0, 0.05) is 5.54 Å². The normalized spacial score (nSPS) is 13.1. The van der Waals surface area contributed by atoms with Gasteiger partial charge in [0.1, 0.15) is 6.04 Å². The number of nitrogens with one attached hydrogen (secondary N) is 2. The second-order valence-corrected chi connectivity index (χ2v) is 5.35. The van der Waals surface area contributed by atoms with E-state index >= 15 is 0 Å². The van der Waals surface area contributed by atoms with Crippen molar-refractivity contribution in [2.75, 3.05) is 13.1 Å². The van der Waals surface area contributed by atoms with Crippen LogP contribution in [0, 0.1) is 0 Å². The molecule has 0 spiro atoms. The van der Waals surface area contributed by atoms with Gasteiger partial charge in [-0.15, -0.1) is 0 Å². The Morgan fingerprint density at radius 1 is 1.28 bits per heavy atom. The molecule has 1 atom stereocenters. The van der Waals surface area contributed by atoms with Crippen LogP contribution in [0.3, 0.4) is 0 Å². The predicted octanol–water partition coefficient (Wildman–Crippen LogP) is 0.0729. The summed E-state index contributed by atoms with van der Waals surface area (Å²) in [6, 6.07) is -0.828. The van der Waals surface area contributed by atoms with Crippen LogP contribution in [0.4, 0.5) is 0 Å². The molecule has 0 unspecified atom stereocenters. The fourth-order valence-corrected chi connectivity index (χ4v) is 1.34. The van der Waals surface area contributed by atoms with Gasteiger partial charge < -0.3 is 21.5 Å². The molecule has 0 aromatic carbocycles. The molecule has 6 heteroatoms. The highest BCUT2D eigenvalue weighted by Gasteiger charge is 2.20. The van der Waals surface area contributed by atoms with Crippen molar-refractivity contribution in [2.45, 2.75) is 51.6 Å². The number of amides is 1. The summed E-state index contributed by atoms with van der Waals surface area (Å²) in [5.41, 5.74) is 5.17. The van der Waals surface area contributed by atoms with Crippen molar-refractivity contribution >= 4 is 11.9 Å². The number of carboxylic acid groups (broad SMARTS) is 1. The Morgan fingerprint density at radius 2 is 1.89 bits per heavy atom. The van der Waals surface area contributed by atoms with Gasteiger partial charge in [0.05, 0.1) is 6.54 Å². The van der Waals surface area contributed by atoms with E-state index in [4.69, 9.17) is 10.8 Å². The fourth-order valence-electron chi connectivity index (χ4n) is 1.34. The van der Waals surface area contributed by atoms with Crippen LogP contribution in [-0.4, -0.2) is 41.7 Å². The van der Waals surface area contributed by atoms with Gasteiger partial charge >= 0.3 is 5.97 Å². The van der Waals surface area contributed by atoms with Gasteiger partial charge in [-0.3, -0.25) is 4.79 Å². The van der Waals surface area contributed by atoms with Crippen LogP contribution in [-0.2, 0) is 9.59 Å². The molecule has 6 nitrogen and oxygen atoms in total. The lowest BCUT2D eigenvalue weighted by Crippen LogP contribution is -2.48. The van der Waals surface area contributed by atoms with E-state index in [0.29, 0.717) is 19.4 Å². The standard InChI is InChI=1S/C12H25N3O3/c1-12(2,3)14-8-10(16)15-9(11(17)18)6-4-5-7-13/h9,14H,4-8,13H2,1-3H3,(H,15,16)(H,17,18)/t9-/m0/s1. The molecule has 0 aliphatic carbocycles. The van der Waals surface area contributed by atoms with E-state index in [0.717, 1.165) is 6.42 Å². The van der Waals surface area contributed by atoms with Crippen LogP contribution in [0.25, 0.3) is 0 Å². The summed E-state index contributed by atoms with van der Waals surface area (Å²) in [6.07, 6.45) is 1.87. The number of carboxylic acids is 1. The Labute approximate surface area is 108 Å². The average molecular weight is 259 g/mol. The SMILES string of the molecule is CC(C)(C)NCC(=O)N[C@@H](CCCCN)C(=O)O. The maximum atomic E-state index is 11.6. The number of hydrogen-bond acceptors (Lipinski definition) is 4. The van der Waals surface area contributed by atoms with Gasteiger partial charge in [0.15, 0.2) is 0 Å². The largest absolute Gasteiger partial charge is 0.480 e. The van der Waals surface area contributed by atoms with Crippen LogP contribution in [0.15, 0.2) is 0 Å². The first-order valence-electron chi connectivity index (χ1n) is 6.23. The van der Waals surface area contributed by atoms with Gasteiger partial charge in [-0.1, -0.05) is 0 Å². The highest BCUT2D eigenvalue weighted by Crippen LogP contribution is 2.01. The molecule has 0 aromatic rings. The lowest BCUT2D eigenvalue weighted by molar-refractivity contribution is -0.141. The highest BCUT2D eigenvalue weighted by atomic mass is 16.4. The molecule has 5 N–H and O–H groups in total. The van der Waals surface area contributed by atoms with Crippen LogP contribution in [0.5, 0.6) is 0 Å². The molecule has 0 bridgehead atoms. The van der Waals surface area contributed by atoms with Crippen molar-refractivity contribution in [1.82, 2.24) is 10.6 Å². The Hall–Kier alpha value is -1.14. The minimum Gasteiger partial charge on any atom is -0.480 e. The molecular weight excluding hydrogens is 234 g/mol. The number of unbranched alkanes of at least 4 members (excludes halogenated alkanes) is 1. The van der Waals surface area contributed by atoms with Gasteiger partial charge in [-0.05, 0) is 46.6 Å². The zero-order valence-electron chi connectivity index (χ0n) is 11.5. The predicted molar refractivity (Wildman–Crippen MR) is 70.2 cm³/mol. The maximum absolute atomic E-state index is 11.6. The molecule has 106 valence electrons. The highest BCUT2D eigenvalue weighted by molar-refractivity contribution is 5.84. The van der Waals surface area contributed by atoms with Crippen LogP contribution >= 0.6 is 0 Å². The van der Waals surface area contributed by atoms with E-state index < -0.39 is 12.0 Å². The van der Waals surface area contributed by atoms with Crippen molar-refractivity contribution in [3.05, 3.63) is 0 Å². The number of carbonyl (C=O) groups is 2. The zero-order chi connectivity index (χ0) is 14.2. The number of nitrogens with two attached hydrogens (primary N) is 1. The van der Waals surface area contributed by atoms with E-state index in [9.17, 15) is 9.59 Å². The van der Waals surface area contributed by atoms with E-state index in [-0.39, 0.29) is 18.0 Å². The van der Waals surface area contributed by atoms with Gasteiger partial charge in [-0.2, -0.15) is 0 Å². The van der Waals surface area contributed by atoms with E-state index in [1.807, 2.05) is 20.8 Å². The quantitative estimate of drug-likeness (QED) is 0.462. The Morgan fingerprint density at radius 3 is 2.33 bits per heavy atom. The molecular formula is C12H25N3O3. The monoisotopic (exact) mass is 259 g/mol. The third-order valence-corrected chi connectivity index (χ3v) is 2.36. The van der Waals surface area contributed by atoms with E-state index in [2.05, 4.69) is 10.6 Å². The van der Waals surface area contributed by atoms with Crippen LogP contribution in [0.1, 0.15) is 40.0 Å². The second-order valence-electron chi connectivity index (χ2n) is 5.35. The molecule has 0 radical (unpaired) electrons. The lowest BCUT2D eigenvalue weighted by Gasteiger charge is -2.21. The minimum absolute atomic E-state index is 0.115. The number of carbonyl (C=O) groups excluding carboxylic acids is 1. The molecule has 0 aromatic heterocycles. The van der Waals surface area contributed by atoms with Crippen LogP contribution in [0.2, 0.25) is 0 Å². The summed E-state index contributed by atoms with van der Waals surface area (Å²) in [5, 5.41) is 14.5. The first-order chi connectivity index (χ1) is 8.26. The molecule has 0 saturated heterocycles. The molecule has 0 aliphatic heterocycles. The Balaban J connectivity index is 4.08. The zero-order valence-corrected chi connectivity index (χ0v) is 11.5. The molecule has 0 rings (SSSR count). The van der Waals surface area contributed by atoms with Crippen molar-refractivity contribution in [1.29, 1.82) is 0 Å². The number of aliphatic carboxylic acids is 1. The molecule has 18 heavy (non-hydrogen) atoms. The molecule has 0 saturated carbocycles. The Kier molecular flexibility index (Phi) is 7.54. The summed E-state index contributed by atoms with van der Waals surface area (Å²) in [6.45, 7) is 6.47. The summed E-state index contributed by atoms with van der Waals surface area (Å²) in [7, 11) is 0.